The molecule has 0 fully saturated rings. The molecule has 0 spiro atoms. The lowest BCUT2D eigenvalue weighted by Gasteiger charge is -2.16. The second kappa shape index (κ2) is 5.83. The van der Waals surface area contributed by atoms with Crippen molar-refractivity contribution in [3.63, 3.8) is 0 Å². The number of hydrogen-bond donors (Lipinski definition) is 1. The van der Waals surface area contributed by atoms with Gasteiger partial charge in [-0.15, -0.1) is 0 Å². The third-order valence-corrected chi connectivity index (χ3v) is 2.12. The van der Waals surface area contributed by atoms with Crippen molar-refractivity contribution >= 4 is 11.9 Å². The van der Waals surface area contributed by atoms with Gasteiger partial charge in [-0.1, -0.05) is 0 Å². The van der Waals surface area contributed by atoms with Gasteiger partial charge in [0, 0.05) is 31.5 Å². The molecule has 1 N–H and O–H groups in total. The highest BCUT2D eigenvalue weighted by molar-refractivity contribution is 5.83. The van der Waals surface area contributed by atoms with Crippen LogP contribution in [0.3, 0.4) is 0 Å². The van der Waals surface area contributed by atoms with Gasteiger partial charge < -0.3 is 14.6 Å². The number of methoxy groups -OCH3 is 1. The standard InChI is InChI=1S/C11H14N2O4/c1-8(14)12-10(11(16)17-2)7-13-5-3-9(15)4-6-13/h3-6,10H,7H2,1-2H3,(H,12,14). The van der Waals surface area contributed by atoms with Crippen LogP contribution in [0.4, 0.5) is 0 Å². The predicted molar refractivity (Wildman–Crippen MR) is 60.3 cm³/mol. The molecule has 1 atom stereocenters. The summed E-state index contributed by atoms with van der Waals surface area (Å²) in [5.41, 5.74) is -0.115. The van der Waals surface area contributed by atoms with Crippen molar-refractivity contribution in [2.75, 3.05) is 7.11 Å². The Labute approximate surface area is 98.2 Å². The minimum atomic E-state index is -0.764. The Balaban J connectivity index is 2.78. The summed E-state index contributed by atoms with van der Waals surface area (Å²) in [6.45, 7) is 1.54. The van der Waals surface area contributed by atoms with Crippen LogP contribution in [-0.4, -0.2) is 29.6 Å². The van der Waals surface area contributed by atoms with Crippen LogP contribution in [0.15, 0.2) is 29.3 Å². The van der Waals surface area contributed by atoms with Gasteiger partial charge in [0.2, 0.25) is 5.91 Å². The number of carbonyl (C=O) groups is 2. The first-order valence-corrected chi connectivity index (χ1v) is 5.04. The Bertz CT molecular complexity index is 446. The molecule has 0 bridgehead atoms. The first kappa shape index (κ1) is 13.0. The third-order valence-electron chi connectivity index (χ3n) is 2.12. The van der Waals surface area contributed by atoms with Crippen LogP contribution in [0.5, 0.6) is 0 Å². The van der Waals surface area contributed by atoms with E-state index in [1.54, 1.807) is 17.0 Å². The van der Waals surface area contributed by atoms with Gasteiger partial charge in [0.1, 0.15) is 6.04 Å². The number of rotatable bonds is 4. The van der Waals surface area contributed by atoms with E-state index in [4.69, 9.17) is 0 Å². The second-order valence-electron chi connectivity index (χ2n) is 3.51. The van der Waals surface area contributed by atoms with Crippen LogP contribution < -0.4 is 10.7 Å². The number of pyridine rings is 1. The topological polar surface area (TPSA) is 77.4 Å². The number of esters is 1. The summed E-state index contributed by atoms with van der Waals surface area (Å²) < 4.78 is 6.20. The first-order chi connectivity index (χ1) is 8.02. The molecular weight excluding hydrogens is 224 g/mol. The van der Waals surface area contributed by atoms with Crippen LogP contribution in [0.1, 0.15) is 6.92 Å². The van der Waals surface area contributed by atoms with Crippen LogP contribution in [0.2, 0.25) is 0 Å². The number of ether oxygens (including phenoxy) is 1. The molecule has 0 radical (unpaired) electrons. The number of nitrogens with one attached hydrogen (secondary N) is 1. The van der Waals surface area contributed by atoms with Gasteiger partial charge >= 0.3 is 5.97 Å². The molecule has 0 saturated carbocycles. The number of amides is 1. The lowest BCUT2D eigenvalue weighted by atomic mass is 10.3. The smallest absolute Gasteiger partial charge is 0.330 e. The molecule has 0 aromatic carbocycles. The molecule has 0 aliphatic heterocycles. The molecule has 1 aromatic heterocycles. The fraction of sp³-hybridized carbons (Fsp3) is 0.364. The van der Waals surface area contributed by atoms with E-state index in [-0.39, 0.29) is 17.9 Å². The highest BCUT2D eigenvalue weighted by Crippen LogP contribution is 1.95. The van der Waals surface area contributed by atoms with Crippen molar-refractivity contribution < 1.29 is 14.3 Å². The summed E-state index contributed by atoms with van der Waals surface area (Å²) in [5.74, 6) is -0.847. The average Bonchev–Trinajstić information content (AvgIpc) is 2.29. The van der Waals surface area contributed by atoms with E-state index in [9.17, 15) is 14.4 Å². The van der Waals surface area contributed by atoms with E-state index < -0.39 is 12.0 Å². The minimum absolute atomic E-state index is 0.115. The van der Waals surface area contributed by atoms with Gasteiger partial charge in [-0.3, -0.25) is 9.59 Å². The second-order valence-corrected chi connectivity index (χ2v) is 3.51. The van der Waals surface area contributed by atoms with Crippen LogP contribution in [0.25, 0.3) is 0 Å². The molecule has 6 heteroatoms. The highest BCUT2D eigenvalue weighted by Gasteiger charge is 2.19. The maximum atomic E-state index is 11.4. The molecule has 1 unspecified atom stereocenters. The van der Waals surface area contributed by atoms with E-state index >= 15 is 0 Å². The van der Waals surface area contributed by atoms with Gasteiger partial charge in [-0.25, -0.2) is 4.79 Å². The largest absolute Gasteiger partial charge is 0.467 e. The lowest BCUT2D eigenvalue weighted by Crippen LogP contribution is -2.43. The number of nitrogens with zero attached hydrogens (tertiary/aromatic N) is 1. The van der Waals surface area contributed by atoms with Crippen molar-refractivity contribution in [2.24, 2.45) is 0 Å². The molecule has 1 rings (SSSR count). The third kappa shape index (κ3) is 4.10. The number of aromatic nitrogens is 1. The van der Waals surface area contributed by atoms with E-state index in [0.717, 1.165) is 0 Å². The Morgan fingerprint density at radius 2 is 2.00 bits per heavy atom. The van der Waals surface area contributed by atoms with E-state index in [2.05, 4.69) is 10.1 Å². The Hall–Kier alpha value is -2.11. The quantitative estimate of drug-likeness (QED) is 0.719. The summed E-state index contributed by atoms with van der Waals surface area (Å²) in [6, 6.07) is 1.99. The van der Waals surface area contributed by atoms with Crippen molar-refractivity contribution in [3.8, 4) is 0 Å². The maximum absolute atomic E-state index is 11.4. The lowest BCUT2D eigenvalue weighted by molar-refractivity contribution is -0.145. The van der Waals surface area contributed by atoms with Crippen LogP contribution >= 0.6 is 0 Å². The molecule has 1 aromatic rings. The van der Waals surface area contributed by atoms with Crippen molar-refractivity contribution in [1.29, 1.82) is 0 Å². The monoisotopic (exact) mass is 238 g/mol. The molecule has 1 heterocycles. The molecule has 6 nitrogen and oxygen atoms in total. The first-order valence-electron chi connectivity index (χ1n) is 5.04. The Kier molecular flexibility index (Phi) is 4.45. The molecule has 92 valence electrons. The highest BCUT2D eigenvalue weighted by atomic mass is 16.5. The molecule has 0 aliphatic carbocycles. The van der Waals surface area contributed by atoms with Crippen LogP contribution in [-0.2, 0) is 20.9 Å². The van der Waals surface area contributed by atoms with E-state index in [1.807, 2.05) is 0 Å². The molecule has 0 saturated heterocycles. The zero-order valence-electron chi connectivity index (χ0n) is 9.67. The van der Waals surface area contributed by atoms with E-state index in [1.165, 1.54) is 26.2 Å². The molecule has 17 heavy (non-hydrogen) atoms. The normalized spacial score (nSPS) is 11.6. The van der Waals surface area contributed by atoms with Crippen molar-refractivity contribution in [2.45, 2.75) is 19.5 Å². The zero-order valence-corrected chi connectivity index (χ0v) is 9.67. The maximum Gasteiger partial charge on any atom is 0.330 e. The summed E-state index contributed by atoms with van der Waals surface area (Å²) in [5, 5.41) is 2.48. The molecule has 0 aliphatic rings. The fourth-order valence-electron chi connectivity index (χ4n) is 1.34. The van der Waals surface area contributed by atoms with Gasteiger partial charge in [-0.2, -0.15) is 0 Å². The van der Waals surface area contributed by atoms with Crippen molar-refractivity contribution in [3.05, 3.63) is 34.7 Å². The van der Waals surface area contributed by atoms with Gasteiger partial charge in [0.25, 0.3) is 0 Å². The number of carbonyl (C=O) groups excluding carboxylic acids is 2. The summed E-state index contributed by atoms with van der Waals surface area (Å²) in [4.78, 5) is 33.2. The van der Waals surface area contributed by atoms with Gasteiger partial charge in [-0.05, 0) is 0 Å². The summed E-state index contributed by atoms with van der Waals surface area (Å²) >= 11 is 0. The predicted octanol–water partition coefficient (Wildman–Crippen LogP) is -0.474. The van der Waals surface area contributed by atoms with E-state index in [0.29, 0.717) is 0 Å². The fourth-order valence-corrected chi connectivity index (χ4v) is 1.34. The van der Waals surface area contributed by atoms with Gasteiger partial charge in [0.15, 0.2) is 5.43 Å². The summed E-state index contributed by atoms with van der Waals surface area (Å²) in [7, 11) is 1.25. The van der Waals surface area contributed by atoms with Gasteiger partial charge in [0.05, 0.1) is 13.7 Å². The summed E-state index contributed by atoms with van der Waals surface area (Å²) in [6.07, 6.45) is 3.08. The Morgan fingerprint density at radius 1 is 1.41 bits per heavy atom. The molecular formula is C11H14N2O4. The Morgan fingerprint density at radius 3 is 2.47 bits per heavy atom. The zero-order chi connectivity index (χ0) is 12.8. The average molecular weight is 238 g/mol. The number of hydrogen-bond acceptors (Lipinski definition) is 4. The molecule has 1 amide bonds. The van der Waals surface area contributed by atoms with Crippen molar-refractivity contribution in [1.82, 2.24) is 9.88 Å². The van der Waals surface area contributed by atoms with Crippen LogP contribution in [0, 0.1) is 0 Å². The minimum Gasteiger partial charge on any atom is -0.467 e. The SMILES string of the molecule is COC(=O)C(Cn1ccc(=O)cc1)NC(C)=O.